The molecule has 0 saturated carbocycles. The maximum absolute atomic E-state index is 14.1. The lowest BCUT2D eigenvalue weighted by Crippen LogP contribution is -2.33. The molecular weight excluding hydrogens is 435 g/mol. The van der Waals surface area contributed by atoms with Crippen molar-refractivity contribution in [3.63, 3.8) is 0 Å². The molecule has 0 bridgehead atoms. The molecule has 1 aliphatic heterocycles. The predicted molar refractivity (Wildman–Crippen MR) is 125 cm³/mol. The number of nitrogens with zero attached hydrogens (tertiary/aromatic N) is 2. The SMILES string of the molecule is CC1NNC(c2ccc(OCc3cnn(-c4ccccc4)c3)cc2O)C1Oc1ccccc1F. The van der Waals surface area contributed by atoms with Crippen molar-refractivity contribution in [1.82, 2.24) is 20.6 Å². The van der Waals surface area contributed by atoms with Crippen LogP contribution in [0.2, 0.25) is 0 Å². The van der Waals surface area contributed by atoms with Crippen LogP contribution < -0.4 is 20.3 Å². The summed E-state index contributed by atoms with van der Waals surface area (Å²) >= 11 is 0. The third kappa shape index (κ3) is 4.59. The molecule has 1 aliphatic rings. The number of halogens is 1. The molecular formula is C26H25FN4O3. The van der Waals surface area contributed by atoms with E-state index in [1.807, 2.05) is 43.5 Å². The highest BCUT2D eigenvalue weighted by molar-refractivity contribution is 5.43. The van der Waals surface area contributed by atoms with Gasteiger partial charge in [0.1, 0.15) is 24.2 Å². The van der Waals surface area contributed by atoms with Gasteiger partial charge in [0.25, 0.3) is 0 Å². The second kappa shape index (κ2) is 9.54. The van der Waals surface area contributed by atoms with Crippen molar-refractivity contribution >= 4 is 0 Å². The van der Waals surface area contributed by atoms with Crippen molar-refractivity contribution in [3.8, 4) is 22.9 Å². The summed E-state index contributed by atoms with van der Waals surface area (Å²) in [5, 5.41) is 15.1. The van der Waals surface area contributed by atoms with Crippen LogP contribution in [0, 0.1) is 5.82 Å². The molecule has 1 fully saturated rings. The minimum atomic E-state index is -0.432. The van der Waals surface area contributed by atoms with Crippen molar-refractivity contribution in [1.29, 1.82) is 0 Å². The van der Waals surface area contributed by atoms with Crippen molar-refractivity contribution in [3.05, 3.63) is 102 Å². The van der Waals surface area contributed by atoms with Gasteiger partial charge in [-0.25, -0.2) is 14.5 Å². The fourth-order valence-electron chi connectivity index (χ4n) is 3.99. The van der Waals surface area contributed by atoms with Crippen molar-refractivity contribution < 1.29 is 19.0 Å². The average Bonchev–Trinajstić information content (AvgIpc) is 3.47. The molecule has 174 valence electrons. The zero-order chi connectivity index (χ0) is 23.5. The predicted octanol–water partition coefficient (Wildman–Crippen LogP) is 4.28. The average molecular weight is 461 g/mol. The van der Waals surface area contributed by atoms with Crippen LogP contribution in [0.5, 0.6) is 17.2 Å². The summed E-state index contributed by atoms with van der Waals surface area (Å²) < 4.78 is 27.7. The van der Waals surface area contributed by atoms with E-state index < -0.39 is 11.9 Å². The van der Waals surface area contributed by atoms with Crippen LogP contribution in [0.3, 0.4) is 0 Å². The highest BCUT2D eigenvalue weighted by Gasteiger charge is 2.38. The van der Waals surface area contributed by atoms with Gasteiger partial charge in [-0.2, -0.15) is 5.10 Å². The molecule has 3 N–H and O–H groups in total. The molecule has 34 heavy (non-hydrogen) atoms. The van der Waals surface area contributed by atoms with E-state index in [0.29, 0.717) is 17.9 Å². The number of rotatable bonds is 7. The molecule has 0 radical (unpaired) electrons. The minimum absolute atomic E-state index is 0.0630. The van der Waals surface area contributed by atoms with Crippen LogP contribution in [-0.4, -0.2) is 27.0 Å². The van der Waals surface area contributed by atoms with Gasteiger partial charge in [-0.15, -0.1) is 0 Å². The Bertz CT molecular complexity index is 1260. The molecule has 1 saturated heterocycles. The van der Waals surface area contributed by atoms with E-state index in [-0.39, 0.29) is 23.6 Å². The van der Waals surface area contributed by atoms with Gasteiger partial charge in [-0.05, 0) is 43.3 Å². The van der Waals surface area contributed by atoms with Crippen LogP contribution in [0.25, 0.3) is 5.69 Å². The zero-order valence-electron chi connectivity index (χ0n) is 18.6. The summed E-state index contributed by atoms with van der Waals surface area (Å²) in [6.45, 7) is 2.24. The van der Waals surface area contributed by atoms with Crippen LogP contribution >= 0.6 is 0 Å². The van der Waals surface area contributed by atoms with E-state index in [0.717, 1.165) is 11.3 Å². The van der Waals surface area contributed by atoms with Crippen molar-refractivity contribution in [2.24, 2.45) is 0 Å². The van der Waals surface area contributed by atoms with Crippen molar-refractivity contribution in [2.45, 2.75) is 31.7 Å². The van der Waals surface area contributed by atoms with E-state index in [4.69, 9.17) is 9.47 Å². The number of hydrogen-bond acceptors (Lipinski definition) is 6. The monoisotopic (exact) mass is 460 g/mol. The first-order valence-corrected chi connectivity index (χ1v) is 11.1. The molecule has 1 aromatic heterocycles. The smallest absolute Gasteiger partial charge is 0.165 e. The zero-order valence-corrected chi connectivity index (χ0v) is 18.6. The van der Waals surface area contributed by atoms with E-state index in [1.54, 1.807) is 47.3 Å². The van der Waals surface area contributed by atoms with Crippen LogP contribution in [0.4, 0.5) is 4.39 Å². The molecule has 0 amide bonds. The first-order valence-electron chi connectivity index (χ1n) is 11.1. The number of nitrogens with one attached hydrogen (secondary N) is 2. The van der Waals surface area contributed by atoms with Crippen LogP contribution in [-0.2, 0) is 6.61 Å². The Labute approximate surface area is 196 Å². The summed E-state index contributed by atoms with van der Waals surface area (Å²) in [7, 11) is 0. The normalized spacial score (nSPS) is 19.8. The van der Waals surface area contributed by atoms with E-state index in [2.05, 4.69) is 16.0 Å². The Balaban J connectivity index is 1.27. The number of hydrogen-bond donors (Lipinski definition) is 3. The topological polar surface area (TPSA) is 80.6 Å². The van der Waals surface area contributed by atoms with E-state index in [9.17, 15) is 9.50 Å². The molecule has 4 aromatic rings. The number of ether oxygens (including phenoxy) is 2. The Morgan fingerprint density at radius 1 is 1.03 bits per heavy atom. The largest absolute Gasteiger partial charge is 0.507 e. The summed E-state index contributed by atoms with van der Waals surface area (Å²) in [6.07, 6.45) is 3.23. The second-order valence-electron chi connectivity index (χ2n) is 8.21. The maximum Gasteiger partial charge on any atom is 0.165 e. The number of aromatic nitrogens is 2. The third-order valence-corrected chi connectivity index (χ3v) is 5.79. The highest BCUT2D eigenvalue weighted by Crippen LogP contribution is 2.35. The van der Waals surface area contributed by atoms with E-state index >= 15 is 0 Å². The summed E-state index contributed by atoms with van der Waals surface area (Å²) in [5.41, 5.74) is 8.75. The van der Waals surface area contributed by atoms with Gasteiger partial charge in [-0.1, -0.05) is 30.3 Å². The Hall–Kier alpha value is -3.88. The first kappa shape index (κ1) is 21.9. The maximum atomic E-state index is 14.1. The molecule has 2 heterocycles. The van der Waals surface area contributed by atoms with Gasteiger partial charge in [-0.3, -0.25) is 5.43 Å². The van der Waals surface area contributed by atoms with Crippen molar-refractivity contribution in [2.75, 3.05) is 0 Å². The van der Waals surface area contributed by atoms with Crippen LogP contribution in [0.1, 0.15) is 24.1 Å². The lowest BCUT2D eigenvalue weighted by molar-refractivity contribution is 0.163. The Morgan fingerprint density at radius 3 is 2.62 bits per heavy atom. The quantitative estimate of drug-likeness (QED) is 0.382. The van der Waals surface area contributed by atoms with Gasteiger partial charge in [0.15, 0.2) is 11.6 Å². The number of hydrazine groups is 1. The number of aromatic hydroxyl groups is 1. The molecule has 0 spiro atoms. The molecule has 7 nitrogen and oxygen atoms in total. The van der Waals surface area contributed by atoms with Gasteiger partial charge in [0, 0.05) is 23.4 Å². The molecule has 8 heteroatoms. The van der Waals surface area contributed by atoms with Gasteiger partial charge < -0.3 is 14.6 Å². The summed E-state index contributed by atoms with van der Waals surface area (Å²) in [5.74, 6) is 0.335. The molecule has 3 atom stereocenters. The standard InChI is InChI=1S/C26H25FN4O3/c1-17-26(34-24-10-6-5-9-22(24)27)25(30-29-17)21-12-11-20(13-23(21)32)33-16-18-14-28-31(15-18)19-7-3-2-4-8-19/h2-15,17,25-26,29-30,32H,16H2,1H3. The Kier molecular flexibility index (Phi) is 6.16. The van der Waals surface area contributed by atoms with Gasteiger partial charge in [0.05, 0.1) is 24.0 Å². The van der Waals surface area contributed by atoms with E-state index in [1.165, 1.54) is 6.07 Å². The minimum Gasteiger partial charge on any atom is -0.507 e. The number of benzene rings is 3. The lowest BCUT2D eigenvalue weighted by Gasteiger charge is -2.24. The molecule has 3 unspecified atom stereocenters. The molecule has 5 rings (SSSR count). The summed E-state index contributed by atoms with van der Waals surface area (Å²) in [6, 6.07) is 20.8. The van der Waals surface area contributed by atoms with Gasteiger partial charge >= 0.3 is 0 Å². The third-order valence-electron chi connectivity index (χ3n) is 5.79. The molecule has 3 aromatic carbocycles. The Morgan fingerprint density at radius 2 is 1.82 bits per heavy atom. The summed E-state index contributed by atoms with van der Waals surface area (Å²) in [4.78, 5) is 0. The second-order valence-corrected chi connectivity index (χ2v) is 8.21. The number of para-hydroxylation sites is 2. The number of phenols is 1. The lowest BCUT2D eigenvalue weighted by atomic mass is 9.98. The fraction of sp³-hybridized carbons (Fsp3) is 0.192. The van der Waals surface area contributed by atoms with Crippen LogP contribution in [0.15, 0.2) is 85.2 Å². The molecule has 0 aliphatic carbocycles. The van der Waals surface area contributed by atoms with Gasteiger partial charge in [0.2, 0.25) is 0 Å². The highest BCUT2D eigenvalue weighted by atomic mass is 19.1. The fourth-order valence-corrected chi connectivity index (χ4v) is 3.99. The first-order chi connectivity index (χ1) is 16.6. The number of phenolic OH excluding ortho intramolecular Hbond substituents is 1.